The average Bonchev–Trinajstić information content (AvgIpc) is 2.77. The van der Waals surface area contributed by atoms with Crippen LogP contribution in [-0.4, -0.2) is 61.5 Å². The maximum absolute atomic E-state index is 12.0. The van der Waals surface area contributed by atoms with Gasteiger partial charge in [0.15, 0.2) is 0 Å². The Morgan fingerprint density at radius 2 is 2.39 bits per heavy atom. The van der Waals surface area contributed by atoms with Gasteiger partial charge in [0, 0.05) is 32.7 Å². The van der Waals surface area contributed by atoms with E-state index >= 15 is 0 Å². The zero-order chi connectivity index (χ0) is 13.0. The standard InChI is InChI=1S/C13H22N4O/c1-16(7-3-5-14)13(18)10-17-8-11-4-2-6-15-12(11)9-17/h11-12,15H,2-4,6-10H2,1H3/t11-,12+/m0/s1. The van der Waals surface area contributed by atoms with Crippen LogP contribution in [0, 0.1) is 17.2 Å². The van der Waals surface area contributed by atoms with Gasteiger partial charge in [0.25, 0.3) is 0 Å². The molecule has 0 aromatic heterocycles. The van der Waals surface area contributed by atoms with Crippen molar-refractivity contribution in [1.82, 2.24) is 15.1 Å². The first-order valence-electron chi connectivity index (χ1n) is 6.77. The first kappa shape index (κ1) is 13.3. The van der Waals surface area contributed by atoms with Gasteiger partial charge in [-0.1, -0.05) is 0 Å². The number of hydrogen-bond donors (Lipinski definition) is 1. The molecule has 1 N–H and O–H groups in total. The number of fused-ring (bicyclic) bond motifs is 1. The molecule has 5 nitrogen and oxygen atoms in total. The Hall–Kier alpha value is -1.12. The van der Waals surface area contributed by atoms with Gasteiger partial charge < -0.3 is 10.2 Å². The number of carbonyl (C=O) groups excluding carboxylic acids is 1. The molecule has 100 valence electrons. The minimum Gasteiger partial charge on any atom is -0.344 e. The molecule has 2 atom stereocenters. The second-order valence-corrected chi connectivity index (χ2v) is 5.38. The van der Waals surface area contributed by atoms with Crippen LogP contribution in [0.3, 0.4) is 0 Å². The molecule has 0 unspecified atom stereocenters. The maximum atomic E-state index is 12.0. The number of likely N-dealkylation sites (N-methyl/N-ethyl adjacent to an activating group) is 1. The minimum atomic E-state index is 0.129. The highest BCUT2D eigenvalue weighted by molar-refractivity contribution is 5.78. The van der Waals surface area contributed by atoms with Crippen molar-refractivity contribution in [2.45, 2.75) is 25.3 Å². The fourth-order valence-electron chi connectivity index (χ4n) is 2.92. The van der Waals surface area contributed by atoms with Crippen molar-refractivity contribution >= 4 is 5.91 Å². The molecule has 2 fully saturated rings. The Balaban J connectivity index is 1.76. The summed E-state index contributed by atoms with van der Waals surface area (Å²) < 4.78 is 0. The summed E-state index contributed by atoms with van der Waals surface area (Å²) in [5.74, 6) is 0.847. The summed E-state index contributed by atoms with van der Waals surface area (Å²) >= 11 is 0. The van der Waals surface area contributed by atoms with Crippen LogP contribution in [-0.2, 0) is 4.79 Å². The molecule has 5 heteroatoms. The van der Waals surface area contributed by atoms with Crippen LogP contribution in [0.25, 0.3) is 0 Å². The lowest BCUT2D eigenvalue weighted by molar-refractivity contribution is -0.130. The highest BCUT2D eigenvalue weighted by Gasteiger charge is 2.34. The number of nitrogens with one attached hydrogen (secondary N) is 1. The molecule has 2 aliphatic rings. The van der Waals surface area contributed by atoms with Gasteiger partial charge in [0.05, 0.1) is 19.0 Å². The second kappa shape index (κ2) is 6.17. The number of nitrogens with zero attached hydrogens (tertiary/aromatic N) is 3. The van der Waals surface area contributed by atoms with Gasteiger partial charge >= 0.3 is 0 Å². The highest BCUT2D eigenvalue weighted by atomic mass is 16.2. The van der Waals surface area contributed by atoms with Crippen molar-refractivity contribution in [3.63, 3.8) is 0 Å². The number of likely N-dealkylation sites (tertiary alicyclic amines) is 1. The first-order chi connectivity index (χ1) is 8.70. The van der Waals surface area contributed by atoms with Gasteiger partial charge in [-0.25, -0.2) is 0 Å². The third-order valence-corrected chi connectivity index (χ3v) is 4.02. The van der Waals surface area contributed by atoms with Crippen molar-refractivity contribution in [2.75, 3.05) is 39.8 Å². The zero-order valence-corrected chi connectivity index (χ0v) is 11.1. The molecule has 2 rings (SSSR count). The van der Waals surface area contributed by atoms with Crippen LogP contribution in [0.1, 0.15) is 19.3 Å². The number of hydrogen-bond acceptors (Lipinski definition) is 4. The van der Waals surface area contributed by atoms with Crippen LogP contribution in [0.4, 0.5) is 0 Å². The smallest absolute Gasteiger partial charge is 0.236 e. The average molecular weight is 250 g/mol. The summed E-state index contributed by atoms with van der Waals surface area (Å²) in [7, 11) is 1.78. The maximum Gasteiger partial charge on any atom is 0.236 e. The van der Waals surface area contributed by atoms with Gasteiger partial charge in [-0.15, -0.1) is 0 Å². The van der Waals surface area contributed by atoms with Gasteiger partial charge in [0.2, 0.25) is 5.91 Å². The Labute approximate surface area is 109 Å². The van der Waals surface area contributed by atoms with Gasteiger partial charge in [-0.3, -0.25) is 9.69 Å². The van der Waals surface area contributed by atoms with Crippen LogP contribution in [0.5, 0.6) is 0 Å². The molecule has 2 heterocycles. The van der Waals surface area contributed by atoms with Crippen molar-refractivity contribution in [3.05, 3.63) is 0 Å². The molecule has 0 radical (unpaired) electrons. The van der Waals surface area contributed by atoms with Gasteiger partial charge in [-0.05, 0) is 25.3 Å². The third-order valence-electron chi connectivity index (χ3n) is 4.02. The predicted molar refractivity (Wildman–Crippen MR) is 68.8 cm³/mol. The van der Waals surface area contributed by atoms with Crippen LogP contribution >= 0.6 is 0 Å². The van der Waals surface area contributed by atoms with Crippen LogP contribution in [0.15, 0.2) is 0 Å². The summed E-state index contributed by atoms with van der Waals surface area (Å²) in [4.78, 5) is 15.9. The van der Waals surface area contributed by atoms with E-state index in [2.05, 4.69) is 16.3 Å². The van der Waals surface area contributed by atoms with E-state index in [4.69, 9.17) is 5.26 Å². The number of piperidine rings is 1. The summed E-state index contributed by atoms with van der Waals surface area (Å²) in [5.41, 5.74) is 0. The van der Waals surface area contributed by atoms with E-state index in [1.54, 1.807) is 11.9 Å². The molecular formula is C13H22N4O. The first-order valence-corrected chi connectivity index (χ1v) is 6.77. The number of nitriles is 1. The Morgan fingerprint density at radius 3 is 3.11 bits per heavy atom. The molecule has 18 heavy (non-hydrogen) atoms. The normalized spacial score (nSPS) is 27.6. The summed E-state index contributed by atoms with van der Waals surface area (Å²) in [5, 5.41) is 12.1. The largest absolute Gasteiger partial charge is 0.344 e. The fourth-order valence-corrected chi connectivity index (χ4v) is 2.92. The van der Waals surface area contributed by atoms with E-state index in [-0.39, 0.29) is 5.91 Å². The molecule has 0 aromatic carbocycles. The molecule has 0 saturated carbocycles. The topological polar surface area (TPSA) is 59.4 Å². The Kier molecular flexibility index (Phi) is 4.56. The summed E-state index contributed by atoms with van der Waals surface area (Å²) in [6.07, 6.45) is 2.95. The minimum absolute atomic E-state index is 0.129. The lowest BCUT2D eigenvalue weighted by Gasteiger charge is -2.24. The zero-order valence-electron chi connectivity index (χ0n) is 11.1. The van der Waals surface area contributed by atoms with Gasteiger partial charge in [-0.2, -0.15) is 5.26 Å². The van der Waals surface area contributed by atoms with E-state index in [0.717, 1.165) is 25.6 Å². The van der Waals surface area contributed by atoms with Crippen molar-refractivity contribution in [1.29, 1.82) is 5.26 Å². The Bertz CT molecular complexity index is 324. The molecule has 0 bridgehead atoms. The van der Waals surface area contributed by atoms with E-state index in [9.17, 15) is 4.79 Å². The second-order valence-electron chi connectivity index (χ2n) is 5.38. The number of amides is 1. The van der Waals surface area contributed by atoms with Crippen molar-refractivity contribution < 1.29 is 4.79 Å². The fraction of sp³-hybridized carbons (Fsp3) is 0.846. The third kappa shape index (κ3) is 3.21. The number of rotatable bonds is 4. The van der Waals surface area contributed by atoms with Gasteiger partial charge in [0.1, 0.15) is 0 Å². The SMILES string of the molecule is CN(CCC#N)C(=O)CN1C[C@@H]2CCCN[C@@H]2C1. The molecule has 0 aromatic rings. The monoisotopic (exact) mass is 250 g/mol. The summed E-state index contributed by atoms with van der Waals surface area (Å²) in [6, 6.07) is 2.65. The predicted octanol–water partition coefficient (Wildman–Crippen LogP) is 0.0423. The molecule has 2 saturated heterocycles. The molecule has 1 amide bonds. The lowest BCUT2D eigenvalue weighted by atomic mass is 9.94. The van der Waals surface area contributed by atoms with Crippen LogP contribution in [0.2, 0.25) is 0 Å². The Morgan fingerprint density at radius 1 is 1.56 bits per heavy atom. The van der Waals surface area contributed by atoms with Crippen LogP contribution < -0.4 is 5.32 Å². The quantitative estimate of drug-likeness (QED) is 0.765. The molecule has 0 spiro atoms. The lowest BCUT2D eigenvalue weighted by Crippen LogP contribution is -2.41. The van der Waals surface area contributed by atoms with E-state index in [1.165, 1.54) is 12.8 Å². The van der Waals surface area contributed by atoms with E-state index in [0.29, 0.717) is 25.6 Å². The summed E-state index contributed by atoms with van der Waals surface area (Å²) in [6.45, 7) is 4.17. The molecule has 0 aliphatic carbocycles. The number of carbonyl (C=O) groups is 1. The van der Waals surface area contributed by atoms with E-state index in [1.807, 2.05) is 0 Å². The van der Waals surface area contributed by atoms with Crippen molar-refractivity contribution in [2.24, 2.45) is 5.92 Å². The van der Waals surface area contributed by atoms with Crippen molar-refractivity contribution in [3.8, 4) is 6.07 Å². The van der Waals surface area contributed by atoms with E-state index < -0.39 is 0 Å². The molecular weight excluding hydrogens is 228 g/mol. The molecule has 2 aliphatic heterocycles. The highest BCUT2D eigenvalue weighted by Crippen LogP contribution is 2.24.